The number of halogens is 1. The molecule has 3 aromatic carbocycles. The summed E-state index contributed by atoms with van der Waals surface area (Å²) < 4.78 is 0. The molecule has 0 fully saturated rings. The number of nitrogens with one attached hydrogen (secondary N) is 1. The predicted molar refractivity (Wildman–Crippen MR) is 106 cm³/mol. The molecule has 0 amide bonds. The van der Waals surface area contributed by atoms with E-state index >= 15 is 0 Å². The van der Waals surface area contributed by atoms with Gasteiger partial charge in [-0.1, -0.05) is 54.6 Å². The number of rotatable bonds is 2. The fourth-order valence-electron chi connectivity index (χ4n) is 3.00. The molecule has 0 bridgehead atoms. The predicted octanol–water partition coefficient (Wildman–Crippen LogP) is 6.17. The number of hydrogen-bond acceptors (Lipinski definition) is 2. The second kappa shape index (κ2) is 6.50. The normalized spacial score (nSPS) is 10.6. The van der Waals surface area contributed by atoms with Crippen LogP contribution < -0.4 is 5.32 Å². The monoisotopic (exact) mass is 334 g/mol. The van der Waals surface area contributed by atoms with Gasteiger partial charge < -0.3 is 5.32 Å². The Hall–Kier alpha value is -2.58. The van der Waals surface area contributed by atoms with Gasteiger partial charge in [-0.05, 0) is 42.5 Å². The lowest BCUT2D eigenvalue weighted by atomic mass is 10.1. The molecule has 2 nitrogen and oxygen atoms in total. The van der Waals surface area contributed by atoms with Gasteiger partial charge in [0.05, 0.1) is 5.52 Å². The molecule has 4 aromatic rings. The van der Waals surface area contributed by atoms with E-state index in [1.165, 1.54) is 21.9 Å². The number of anilines is 2. The molecule has 0 spiro atoms. The number of aryl methyl sites for hydroxylation is 2. The molecule has 0 unspecified atom stereocenters. The Morgan fingerprint density at radius 3 is 2.21 bits per heavy atom. The Labute approximate surface area is 148 Å². The van der Waals surface area contributed by atoms with Crippen LogP contribution in [-0.2, 0) is 0 Å². The third kappa shape index (κ3) is 2.81. The van der Waals surface area contributed by atoms with E-state index in [0.717, 1.165) is 22.4 Å². The zero-order chi connectivity index (χ0) is 15.8. The summed E-state index contributed by atoms with van der Waals surface area (Å²) in [6.45, 7) is 4.22. The number of benzene rings is 3. The molecule has 1 aromatic heterocycles. The Kier molecular flexibility index (Phi) is 4.41. The second-order valence-corrected chi connectivity index (χ2v) is 5.97. The van der Waals surface area contributed by atoms with E-state index in [4.69, 9.17) is 4.98 Å². The highest BCUT2D eigenvalue weighted by atomic mass is 35.5. The molecule has 0 aliphatic rings. The summed E-state index contributed by atoms with van der Waals surface area (Å²) >= 11 is 0. The maximum atomic E-state index is 4.86. The SMILES string of the molecule is Cc1ccc(C)c(Nc2nc3ccccc3c3ccccc23)c1.Cl. The zero-order valence-electron chi connectivity index (χ0n) is 13.7. The quantitative estimate of drug-likeness (QED) is 0.443. The van der Waals surface area contributed by atoms with Gasteiger partial charge in [-0.2, -0.15) is 0 Å². The highest BCUT2D eigenvalue weighted by Gasteiger charge is 2.09. The summed E-state index contributed by atoms with van der Waals surface area (Å²) in [7, 11) is 0. The molecule has 1 N–H and O–H groups in total. The molecule has 0 radical (unpaired) electrons. The van der Waals surface area contributed by atoms with Crippen molar-refractivity contribution in [3.05, 3.63) is 77.9 Å². The third-order valence-electron chi connectivity index (χ3n) is 4.25. The third-order valence-corrected chi connectivity index (χ3v) is 4.25. The Morgan fingerprint density at radius 1 is 0.750 bits per heavy atom. The van der Waals surface area contributed by atoms with Crippen molar-refractivity contribution >= 4 is 45.6 Å². The van der Waals surface area contributed by atoms with Gasteiger partial charge in [-0.15, -0.1) is 12.4 Å². The molecular weight excluding hydrogens is 316 g/mol. The highest BCUT2D eigenvalue weighted by molar-refractivity contribution is 6.10. The Balaban J connectivity index is 0.00000169. The minimum atomic E-state index is 0. The van der Waals surface area contributed by atoms with Crippen LogP contribution in [-0.4, -0.2) is 4.98 Å². The average Bonchev–Trinajstić information content (AvgIpc) is 2.58. The fourth-order valence-corrected chi connectivity index (χ4v) is 3.00. The lowest BCUT2D eigenvalue weighted by molar-refractivity contribution is 1.34. The van der Waals surface area contributed by atoms with Gasteiger partial charge in [0.2, 0.25) is 0 Å². The van der Waals surface area contributed by atoms with Crippen molar-refractivity contribution in [2.45, 2.75) is 13.8 Å². The Morgan fingerprint density at radius 2 is 1.42 bits per heavy atom. The zero-order valence-corrected chi connectivity index (χ0v) is 14.5. The van der Waals surface area contributed by atoms with Gasteiger partial charge in [0.25, 0.3) is 0 Å². The summed E-state index contributed by atoms with van der Waals surface area (Å²) in [5.41, 5.74) is 4.58. The maximum absolute atomic E-state index is 4.86. The van der Waals surface area contributed by atoms with Crippen molar-refractivity contribution < 1.29 is 0 Å². The van der Waals surface area contributed by atoms with Crippen LogP contribution in [0.25, 0.3) is 21.7 Å². The lowest BCUT2D eigenvalue weighted by Gasteiger charge is -2.14. The van der Waals surface area contributed by atoms with Crippen LogP contribution in [0.4, 0.5) is 11.5 Å². The smallest absolute Gasteiger partial charge is 0.138 e. The first-order valence-electron chi connectivity index (χ1n) is 7.84. The largest absolute Gasteiger partial charge is 0.339 e. The second-order valence-electron chi connectivity index (χ2n) is 5.97. The minimum Gasteiger partial charge on any atom is -0.339 e. The number of nitrogens with zero attached hydrogens (tertiary/aromatic N) is 1. The summed E-state index contributed by atoms with van der Waals surface area (Å²) in [6.07, 6.45) is 0. The van der Waals surface area contributed by atoms with E-state index in [1.807, 2.05) is 6.07 Å². The van der Waals surface area contributed by atoms with E-state index in [2.05, 4.69) is 79.8 Å². The standard InChI is InChI=1S/C21H18N2.ClH/c1-14-11-12-15(2)20(13-14)23-21-18-9-4-3-7-16(18)17-8-5-6-10-19(17)22-21;/h3-13H,1-2H3,(H,22,23);1H. The van der Waals surface area contributed by atoms with Crippen LogP contribution in [0, 0.1) is 13.8 Å². The van der Waals surface area contributed by atoms with Gasteiger partial charge in [0.15, 0.2) is 0 Å². The van der Waals surface area contributed by atoms with Crippen LogP contribution in [0.2, 0.25) is 0 Å². The summed E-state index contributed by atoms with van der Waals surface area (Å²) in [4.78, 5) is 4.86. The molecule has 24 heavy (non-hydrogen) atoms. The number of para-hydroxylation sites is 1. The van der Waals surface area contributed by atoms with Gasteiger partial charge >= 0.3 is 0 Å². The lowest BCUT2D eigenvalue weighted by Crippen LogP contribution is -1.98. The van der Waals surface area contributed by atoms with Crippen LogP contribution in [0.1, 0.15) is 11.1 Å². The van der Waals surface area contributed by atoms with Crippen molar-refractivity contribution in [1.29, 1.82) is 0 Å². The van der Waals surface area contributed by atoms with Crippen LogP contribution in [0.5, 0.6) is 0 Å². The molecule has 0 aliphatic heterocycles. The molecular formula is C21H19ClN2. The van der Waals surface area contributed by atoms with Crippen molar-refractivity contribution in [2.24, 2.45) is 0 Å². The van der Waals surface area contributed by atoms with Crippen molar-refractivity contribution in [1.82, 2.24) is 4.98 Å². The molecule has 120 valence electrons. The summed E-state index contributed by atoms with van der Waals surface area (Å²) in [5.74, 6) is 0.910. The van der Waals surface area contributed by atoms with Crippen molar-refractivity contribution in [3.63, 3.8) is 0 Å². The van der Waals surface area contributed by atoms with E-state index in [-0.39, 0.29) is 12.4 Å². The average molecular weight is 335 g/mol. The van der Waals surface area contributed by atoms with Gasteiger partial charge in [-0.25, -0.2) is 4.98 Å². The van der Waals surface area contributed by atoms with Gasteiger partial charge in [0, 0.05) is 16.5 Å². The summed E-state index contributed by atoms with van der Waals surface area (Å²) in [6, 6.07) is 23.2. The first kappa shape index (κ1) is 16.3. The van der Waals surface area contributed by atoms with Crippen molar-refractivity contribution in [3.8, 4) is 0 Å². The van der Waals surface area contributed by atoms with Gasteiger partial charge in [-0.3, -0.25) is 0 Å². The van der Waals surface area contributed by atoms with E-state index in [1.54, 1.807) is 0 Å². The Bertz CT molecular complexity index is 1020. The maximum Gasteiger partial charge on any atom is 0.138 e. The number of fused-ring (bicyclic) bond motifs is 3. The first-order chi connectivity index (χ1) is 11.2. The molecule has 0 atom stereocenters. The van der Waals surface area contributed by atoms with E-state index < -0.39 is 0 Å². The number of pyridine rings is 1. The van der Waals surface area contributed by atoms with Crippen molar-refractivity contribution in [2.75, 3.05) is 5.32 Å². The highest BCUT2D eigenvalue weighted by Crippen LogP contribution is 2.31. The van der Waals surface area contributed by atoms with E-state index in [0.29, 0.717) is 0 Å². The number of hydrogen-bond donors (Lipinski definition) is 1. The van der Waals surface area contributed by atoms with Crippen LogP contribution >= 0.6 is 12.4 Å². The molecule has 0 aliphatic carbocycles. The van der Waals surface area contributed by atoms with Crippen LogP contribution in [0.3, 0.4) is 0 Å². The van der Waals surface area contributed by atoms with Gasteiger partial charge in [0.1, 0.15) is 5.82 Å². The topological polar surface area (TPSA) is 24.9 Å². The van der Waals surface area contributed by atoms with E-state index in [9.17, 15) is 0 Å². The number of aromatic nitrogens is 1. The van der Waals surface area contributed by atoms with Crippen LogP contribution in [0.15, 0.2) is 66.7 Å². The first-order valence-corrected chi connectivity index (χ1v) is 7.84. The molecule has 4 rings (SSSR count). The molecule has 3 heteroatoms. The minimum absolute atomic E-state index is 0. The molecule has 0 saturated carbocycles. The molecule has 0 saturated heterocycles. The summed E-state index contributed by atoms with van der Waals surface area (Å²) in [5, 5.41) is 7.10. The fraction of sp³-hybridized carbons (Fsp3) is 0.0952. The molecule has 1 heterocycles.